The number of amides is 3. The SMILES string of the molecule is CCC(=O)NCC(=O)N1CCN(C(=O)c2ccc(F)cc2)CC1. The quantitative estimate of drug-likeness (QED) is 0.884. The molecule has 0 atom stereocenters. The van der Waals surface area contributed by atoms with Crippen LogP contribution in [0.1, 0.15) is 23.7 Å². The van der Waals surface area contributed by atoms with Crippen molar-refractivity contribution in [1.82, 2.24) is 15.1 Å². The number of nitrogens with zero attached hydrogens (tertiary/aromatic N) is 2. The van der Waals surface area contributed by atoms with E-state index in [4.69, 9.17) is 0 Å². The van der Waals surface area contributed by atoms with Gasteiger partial charge in [-0.25, -0.2) is 4.39 Å². The molecule has 23 heavy (non-hydrogen) atoms. The van der Waals surface area contributed by atoms with E-state index in [0.29, 0.717) is 38.2 Å². The Morgan fingerprint density at radius 1 is 1.04 bits per heavy atom. The molecule has 1 aliphatic heterocycles. The molecular weight excluding hydrogens is 301 g/mol. The Labute approximate surface area is 134 Å². The maximum absolute atomic E-state index is 12.9. The van der Waals surface area contributed by atoms with Crippen LogP contribution in [0.3, 0.4) is 0 Å². The second-order valence-corrected chi connectivity index (χ2v) is 5.31. The number of nitrogens with one attached hydrogen (secondary N) is 1. The second-order valence-electron chi connectivity index (χ2n) is 5.31. The molecule has 0 aromatic heterocycles. The lowest BCUT2D eigenvalue weighted by atomic mass is 10.2. The average molecular weight is 321 g/mol. The van der Waals surface area contributed by atoms with Crippen LogP contribution in [0.4, 0.5) is 4.39 Å². The van der Waals surface area contributed by atoms with Crippen molar-refractivity contribution in [3.05, 3.63) is 35.6 Å². The van der Waals surface area contributed by atoms with E-state index in [-0.39, 0.29) is 30.1 Å². The zero-order valence-electron chi connectivity index (χ0n) is 13.0. The highest BCUT2D eigenvalue weighted by atomic mass is 19.1. The molecule has 1 saturated heterocycles. The molecule has 1 heterocycles. The molecule has 0 radical (unpaired) electrons. The highest BCUT2D eigenvalue weighted by Gasteiger charge is 2.24. The molecule has 1 fully saturated rings. The van der Waals surface area contributed by atoms with Crippen molar-refractivity contribution >= 4 is 17.7 Å². The maximum atomic E-state index is 12.9. The number of carbonyl (C=O) groups is 3. The van der Waals surface area contributed by atoms with Gasteiger partial charge in [0.1, 0.15) is 5.82 Å². The molecule has 0 bridgehead atoms. The van der Waals surface area contributed by atoms with Crippen LogP contribution in [0.5, 0.6) is 0 Å². The number of piperazine rings is 1. The molecule has 1 aromatic rings. The molecule has 0 aliphatic carbocycles. The van der Waals surface area contributed by atoms with E-state index in [1.165, 1.54) is 24.3 Å². The van der Waals surface area contributed by atoms with E-state index < -0.39 is 0 Å². The molecule has 3 amide bonds. The van der Waals surface area contributed by atoms with Crippen LogP contribution in [0.2, 0.25) is 0 Å². The summed E-state index contributed by atoms with van der Waals surface area (Å²) in [5.41, 5.74) is 0.432. The van der Waals surface area contributed by atoms with Crippen molar-refractivity contribution < 1.29 is 18.8 Å². The smallest absolute Gasteiger partial charge is 0.253 e. The predicted molar refractivity (Wildman–Crippen MR) is 82.2 cm³/mol. The van der Waals surface area contributed by atoms with Gasteiger partial charge in [0.2, 0.25) is 11.8 Å². The summed E-state index contributed by atoms with van der Waals surface area (Å²) < 4.78 is 12.9. The number of rotatable bonds is 4. The van der Waals surface area contributed by atoms with E-state index in [2.05, 4.69) is 5.32 Å². The van der Waals surface area contributed by atoms with Gasteiger partial charge in [0.25, 0.3) is 5.91 Å². The first-order chi connectivity index (χ1) is 11.0. The summed E-state index contributed by atoms with van der Waals surface area (Å²) in [6.45, 7) is 3.40. The molecule has 0 spiro atoms. The van der Waals surface area contributed by atoms with Gasteiger partial charge < -0.3 is 15.1 Å². The largest absolute Gasteiger partial charge is 0.347 e. The van der Waals surface area contributed by atoms with E-state index >= 15 is 0 Å². The average Bonchev–Trinajstić information content (AvgIpc) is 2.59. The summed E-state index contributed by atoms with van der Waals surface area (Å²) in [4.78, 5) is 38.7. The predicted octanol–water partition coefficient (Wildman–Crippen LogP) is 0.636. The number of benzene rings is 1. The van der Waals surface area contributed by atoms with Crippen LogP contribution in [-0.2, 0) is 9.59 Å². The Balaban J connectivity index is 1.83. The molecule has 1 N–H and O–H groups in total. The fraction of sp³-hybridized carbons (Fsp3) is 0.438. The molecule has 124 valence electrons. The monoisotopic (exact) mass is 321 g/mol. The lowest BCUT2D eigenvalue weighted by molar-refractivity contribution is -0.134. The summed E-state index contributed by atoms with van der Waals surface area (Å²) >= 11 is 0. The van der Waals surface area contributed by atoms with E-state index in [1.54, 1.807) is 16.7 Å². The Morgan fingerprint density at radius 3 is 2.17 bits per heavy atom. The summed E-state index contributed by atoms with van der Waals surface area (Å²) in [5.74, 6) is -0.869. The van der Waals surface area contributed by atoms with Gasteiger partial charge >= 0.3 is 0 Å². The summed E-state index contributed by atoms with van der Waals surface area (Å²) in [6, 6.07) is 5.41. The minimum absolute atomic E-state index is 0.0153. The number of hydrogen-bond donors (Lipinski definition) is 1. The molecule has 0 unspecified atom stereocenters. The molecule has 1 aliphatic rings. The summed E-state index contributed by atoms with van der Waals surface area (Å²) in [7, 11) is 0. The standard InChI is InChI=1S/C16H20FN3O3/c1-2-14(21)18-11-15(22)19-7-9-20(10-8-19)16(23)12-3-5-13(17)6-4-12/h3-6H,2,7-11H2,1H3,(H,18,21). The summed E-state index contributed by atoms with van der Waals surface area (Å²) in [6.07, 6.45) is 0.341. The van der Waals surface area contributed by atoms with Gasteiger partial charge in [-0.2, -0.15) is 0 Å². The Kier molecular flexibility index (Phi) is 5.67. The van der Waals surface area contributed by atoms with Gasteiger partial charge in [-0.15, -0.1) is 0 Å². The first-order valence-electron chi connectivity index (χ1n) is 7.60. The highest BCUT2D eigenvalue weighted by molar-refractivity contribution is 5.94. The Hall–Kier alpha value is -2.44. The van der Waals surface area contributed by atoms with Crippen molar-refractivity contribution in [2.45, 2.75) is 13.3 Å². The molecule has 1 aromatic carbocycles. The number of hydrogen-bond acceptors (Lipinski definition) is 3. The molecule has 6 nitrogen and oxygen atoms in total. The zero-order chi connectivity index (χ0) is 16.8. The van der Waals surface area contributed by atoms with Gasteiger partial charge in [0.15, 0.2) is 0 Å². The normalized spacial score (nSPS) is 14.5. The van der Waals surface area contributed by atoms with Crippen molar-refractivity contribution in [1.29, 1.82) is 0 Å². The molecule has 7 heteroatoms. The van der Waals surface area contributed by atoms with Gasteiger partial charge in [0.05, 0.1) is 6.54 Å². The van der Waals surface area contributed by atoms with Gasteiger partial charge in [0, 0.05) is 38.2 Å². The molecular formula is C16H20FN3O3. The van der Waals surface area contributed by atoms with Crippen LogP contribution in [0, 0.1) is 5.82 Å². The lowest BCUT2D eigenvalue weighted by Crippen LogP contribution is -2.52. The van der Waals surface area contributed by atoms with Crippen molar-refractivity contribution in [3.63, 3.8) is 0 Å². The van der Waals surface area contributed by atoms with Crippen LogP contribution < -0.4 is 5.32 Å². The fourth-order valence-electron chi connectivity index (χ4n) is 2.34. The number of halogens is 1. The van der Waals surface area contributed by atoms with Gasteiger partial charge in [-0.1, -0.05) is 6.92 Å². The minimum atomic E-state index is -0.383. The third-order valence-corrected chi connectivity index (χ3v) is 3.77. The highest BCUT2D eigenvalue weighted by Crippen LogP contribution is 2.10. The van der Waals surface area contributed by atoms with Crippen LogP contribution in [0.25, 0.3) is 0 Å². The zero-order valence-corrected chi connectivity index (χ0v) is 13.0. The van der Waals surface area contributed by atoms with Crippen molar-refractivity contribution in [2.75, 3.05) is 32.7 Å². The van der Waals surface area contributed by atoms with E-state index in [9.17, 15) is 18.8 Å². The Bertz CT molecular complexity index is 581. The third kappa shape index (κ3) is 4.51. The minimum Gasteiger partial charge on any atom is -0.347 e. The maximum Gasteiger partial charge on any atom is 0.253 e. The first-order valence-corrected chi connectivity index (χ1v) is 7.60. The topological polar surface area (TPSA) is 69.7 Å². The third-order valence-electron chi connectivity index (χ3n) is 3.77. The van der Waals surface area contributed by atoms with E-state index in [0.717, 1.165) is 0 Å². The van der Waals surface area contributed by atoms with Gasteiger partial charge in [-0.3, -0.25) is 14.4 Å². The number of carbonyl (C=O) groups excluding carboxylic acids is 3. The van der Waals surface area contributed by atoms with Crippen LogP contribution >= 0.6 is 0 Å². The van der Waals surface area contributed by atoms with Crippen LogP contribution in [-0.4, -0.2) is 60.2 Å². The Morgan fingerprint density at radius 2 is 1.61 bits per heavy atom. The molecule has 0 saturated carbocycles. The van der Waals surface area contributed by atoms with E-state index in [1.807, 2.05) is 0 Å². The molecule has 2 rings (SSSR count). The van der Waals surface area contributed by atoms with Crippen molar-refractivity contribution in [2.24, 2.45) is 0 Å². The van der Waals surface area contributed by atoms with Gasteiger partial charge in [-0.05, 0) is 24.3 Å². The summed E-state index contributed by atoms with van der Waals surface area (Å²) in [5, 5.41) is 2.55. The fourth-order valence-corrected chi connectivity index (χ4v) is 2.34. The first kappa shape index (κ1) is 16.9. The van der Waals surface area contributed by atoms with Crippen molar-refractivity contribution in [3.8, 4) is 0 Å². The lowest BCUT2D eigenvalue weighted by Gasteiger charge is -2.34. The second kappa shape index (κ2) is 7.71. The van der Waals surface area contributed by atoms with Crippen LogP contribution in [0.15, 0.2) is 24.3 Å².